The Morgan fingerprint density at radius 1 is 0.775 bits per heavy atom. The van der Waals surface area contributed by atoms with Gasteiger partial charge in [0.1, 0.15) is 6.29 Å². The van der Waals surface area contributed by atoms with E-state index in [1.807, 2.05) is 60.9 Å². The molecule has 6 nitrogen and oxygen atoms in total. The lowest BCUT2D eigenvalue weighted by Gasteiger charge is -2.08. The molecule has 0 saturated carbocycles. The van der Waals surface area contributed by atoms with Gasteiger partial charge < -0.3 is 15.2 Å². The molecule has 0 radical (unpaired) electrons. The van der Waals surface area contributed by atoms with Crippen LogP contribution in [0.15, 0.2) is 111 Å². The van der Waals surface area contributed by atoms with Crippen LogP contribution >= 0.6 is 47.8 Å². The van der Waals surface area contributed by atoms with E-state index in [1.165, 1.54) is 21.5 Å². The molecule has 2 aromatic heterocycles. The highest BCUT2D eigenvalue weighted by atomic mass is 79.9. The maximum atomic E-state index is 10.1. The van der Waals surface area contributed by atoms with Crippen LogP contribution in [-0.2, 0) is 9.47 Å². The zero-order valence-electron chi connectivity index (χ0n) is 20.9. The smallest absolute Gasteiger partial charge is 0.168 e. The minimum Gasteiger partial charge on any atom is -0.355 e. The summed E-state index contributed by atoms with van der Waals surface area (Å²) in [6.07, 6.45) is 7.91. The molecule has 0 bridgehead atoms. The van der Waals surface area contributed by atoms with Gasteiger partial charge in [-0.15, -0.1) is 0 Å². The fourth-order valence-electron chi connectivity index (χ4n) is 3.01. The maximum absolute atomic E-state index is 10.1. The summed E-state index contributed by atoms with van der Waals surface area (Å²) in [5.41, 5.74) is 5.84. The first-order valence-corrected chi connectivity index (χ1v) is 13.7. The Kier molecular flexibility index (Phi) is 19.9. The van der Waals surface area contributed by atoms with Crippen molar-refractivity contribution in [3.8, 4) is 0 Å². The number of benzene rings is 3. The van der Waals surface area contributed by atoms with Gasteiger partial charge in [0.05, 0.1) is 0 Å². The zero-order valence-corrected chi connectivity index (χ0v) is 25.7. The van der Waals surface area contributed by atoms with E-state index in [2.05, 4.69) is 69.9 Å². The standard InChI is InChI=1S/2C9H6BrN.C7H5BrO.C4H11NO2.2CH4/c10-9-2-1-7-3-4-11-6-8(7)5-9;10-9-3-1-2-7-6-11-5-4-8(7)9;8-7-3-1-2-6(4-7)5-9;1-6-4(3-5)7-2;;/h2*1-6H;1-5H;4H,3,5H2,1-2H3;2*1H4. The molecule has 214 valence electrons. The fraction of sp³-hybridized carbons (Fsp3) is 0.194. The van der Waals surface area contributed by atoms with Gasteiger partial charge in [-0.2, -0.15) is 0 Å². The zero-order chi connectivity index (χ0) is 27.8. The molecule has 40 heavy (non-hydrogen) atoms. The molecule has 2 heterocycles. The summed E-state index contributed by atoms with van der Waals surface area (Å²) in [5.74, 6) is 0. The number of hydrogen-bond donors (Lipinski definition) is 1. The number of methoxy groups -OCH3 is 2. The minimum absolute atomic E-state index is 0. The number of carbonyl (C=O) groups excluding carboxylic acids is 1. The molecule has 0 saturated heterocycles. The van der Waals surface area contributed by atoms with E-state index >= 15 is 0 Å². The van der Waals surface area contributed by atoms with Gasteiger partial charge in [0.25, 0.3) is 0 Å². The van der Waals surface area contributed by atoms with Crippen molar-refractivity contribution in [1.82, 2.24) is 9.97 Å². The average Bonchev–Trinajstić information content (AvgIpc) is 2.95. The SMILES string of the molecule is Brc1ccc2ccncc2c1.Brc1cccc2cnccc12.C.C.COC(CN)OC.O=Cc1cccc(Br)c1. The maximum Gasteiger partial charge on any atom is 0.168 e. The highest BCUT2D eigenvalue weighted by Crippen LogP contribution is 2.22. The Morgan fingerprint density at radius 2 is 1.40 bits per heavy atom. The molecule has 0 atom stereocenters. The molecule has 0 unspecified atom stereocenters. The van der Waals surface area contributed by atoms with Crippen molar-refractivity contribution >= 4 is 75.6 Å². The third-order valence-corrected chi connectivity index (χ3v) is 6.61. The van der Waals surface area contributed by atoms with Crippen LogP contribution in [0.25, 0.3) is 21.5 Å². The molecule has 5 rings (SSSR count). The van der Waals surface area contributed by atoms with E-state index < -0.39 is 0 Å². The van der Waals surface area contributed by atoms with Gasteiger partial charge in [-0.05, 0) is 53.2 Å². The Morgan fingerprint density at radius 3 is 1.95 bits per heavy atom. The molecule has 0 aliphatic heterocycles. The van der Waals surface area contributed by atoms with Gasteiger partial charge in [0.15, 0.2) is 6.29 Å². The fourth-order valence-corrected chi connectivity index (χ4v) is 4.32. The Balaban J connectivity index is 0.000000507. The number of halogens is 3. The van der Waals surface area contributed by atoms with Gasteiger partial charge in [0.2, 0.25) is 0 Å². The van der Waals surface area contributed by atoms with E-state index in [4.69, 9.17) is 15.2 Å². The second-order valence-electron chi connectivity index (χ2n) is 7.51. The van der Waals surface area contributed by atoms with Gasteiger partial charge in [-0.1, -0.05) is 93.0 Å². The van der Waals surface area contributed by atoms with Gasteiger partial charge in [-0.3, -0.25) is 14.8 Å². The molecule has 0 aliphatic rings. The Labute approximate surface area is 262 Å². The number of pyridine rings is 2. The molecule has 0 aliphatic carbocycles. The van der Waals surface area contributed by atoms with Crippen molar-refractivity contribution in [2.24, 2.45) is 5.73 Å². The monoisotopic (exact) mass is 735 g/mol. The number of fused-ring (bicyclic) bond motifs is 2. The Hall–Kier alpha value is -2.53. The van der Waals surface area contributed by atoms with Crippen LogP contribution < -0.4 is 5.73 Å². The van der Waals surface area contributed by atoms with Crippen molar-refractivity contribution in [3.05, 3.63) is 117 Å². The summed E-state index contributed by atoms with van der Waals surface area (Å²) in [6.45, 7) is 0.410. The summed E-state index contributed by atoms with van der Waals surface area (Å²) >= 11 is 10.1. The number of nitrogens with zero attached hydrogens (tertiary/aromatic N) is 2. The third-order valence-electron chi connectivity index (χ3n) is 4.93. The molecule has 0 spiro atoms. The molecule has 5 aromatic rings. The lowest BCUT2D eigenvalue weighted by molar-refractivity contribution is -0.0940. The number of aromatic nitrogens is 2. The van der Waals surface area contributed by atoms with Crippen molar-refractivity contribution < 1.29 is 14.3 Å². The molecular formula is C31H36Br3N3O3. The van der Waals surface area contributed by atoms with Gasteiger partial charge >= 0.3 is 0 Å². The van der Waals surface area contributed by atoms with Crippen molar-refractivity contribution in [1.29, 1.82) is 0 Å². The van der Waals surface area contributed by atoms with E-state index in [1.54, 1.807) is 38.7 Å². The predicted molar refractivity (Wildman–Crippen MR) is 179 cm³/mol. The molecule has 0 amide bonds. The van der Waals surface area contributed by atoms with E-state index in [0.29, 0.717) is 12.1 Å². The predicted octanol–water partition coefficient (Wildman–Crippen LogP) is 9.09. The number of ether oxygens (including phenoxy) is 2. The Bertz CT molecular complexity index is 1400. The topological polar surface area (TPSA) is 87.3 Å². The molecule has 2 N–H and O–H groups in total. The number of nitrogens with two attached hydrogens (primary N) is 1. The molecule has 0 fully saturated rings. The molecular weight excluding hydrogens is 702 g/mol. The number of rotatable bonds is 4. The second-order valence-corrected chi connectivity index (χ2v) is 10.2. The van der Waals surface area contributed by atoms with E-state index in [0.717, 1.165) is 19.7 Å². The second kappa shape index (κ2) is 21.2. The van der Waals surface area contributed by atoms with E-state index in [-0.39, 0.29) is 21.1 Å². The first-order chi connectivity index (χ1) is 18.4. The summed E-state index contributed by atoms with van der Waals surface area (Å²) < 4.78 is 12.6. The van der Waals surface area contributed by atoms with E-state index in [9.17, 15) is 4.79 Å². The normalized spacial score (nSPS) is 9.47. The minimum atomic E-state index is -0.236. The lowest BCUT2D eigenvalue weighted by Crippen LogP contribution is -2.23. The van der Waals surface area contributed by atoms with Crippen molar-refractivity contribution in [2.75, 3.05) is 20.8 Å². The summed E-state index contributed by atoms with van der Waals surface area (Å²) in [5, 5.41) is 4.77. The molecule has 3 aromatic carbocycles. The van der Waals surface area contributed by atoms with Crippen LogP contribution in [0.3, 0.4) is 0 Å². The van der Waals surface area contributed by atoms with Crippen LogP contribution in [0.1, 0.15) is 25.2 Å². The first-order valence-electron chi connectivity index (χ1n) is 11.4. The highest BCUT2D eigenvalue weighted by molar-refractivity contribution is 9.11. The van der Waals surface area contributed by atoms with Gasteiger partial charge in [0, 0.05) is 75.3 Å². The third kappa shape index (κ3) is 13.2. The van der Waals surface area contributed by atoms with Crippen LogP contribution in [0.5, 0.6) is 0 Å². The molecule has 9 heteroatoms. The largest absolute Gasteiger partial charge is 0.355 e. The number of carbonyl (C=O) groups is 1. The van der Waals surface area contributed by atoms with Crippen LogP contribution in [0.4, 0.5) is 0 Å². The van der Waals surface area contributed by atoms with Crippen LogP contribution in [0.2, 0.25) is 0 Å². The average molecular weight is 738 g/mol. The van der Waals surface area contributed by atoms with Crippen molar-refractivity contribution in [2.45, 2.75) is 21.1 Å². The quantitative estimate of drug-likeness (QED) is 0.146. The van der Waals surface area contributed by atoms with Crippen LogP contribution in [0, 0.1) is 0 Å². The number of aldehydes is 1. The summed E-state index contributed by atoms with van der Waals surface area (Å²) in [4.78, 5) is 18.2. The van der Waals surface area contributed by atoms with Gasteiger partial charge in [-0.25, -0.2) is 0 Å². The van der Waals surface area contributed by atoms with Crippen molar-refractivity contribution in [3.63, 3.8) is 0 Å². The lowest BCUT2D eigenvalue weighted by atomic mass is 10.2. The number of hydrogen-bond acceptors (Lipinski definition) is 6. The van der Waals surface area contributed by atoms with Crippen LogP contribution in [-0.4, -0.2) is 43.3 Å². The summed E-state index contributed by atoms with van der Waals surface area (Å²) in [7, 11) is 3.11. The highest BCUT2D eigenvalue weighted by Gasteiger charge is 1.97. The first kappa shape index (κ1) is 37.5. The summed E-state index contributed by atoms with van der Waals surface area (Å²) in [6, 6.07) is 23.5.